The van der Waals surface area contributed by atoms with Crippen molar-refractivity contribution in [1.29, 1.82) is 0 Å². The number of nitrogens with zero attached hydrogens (tertiary/aromatic N) is 4. The van der Waals surface area contributed by atoms with Gasteiger partial charge in [0.2, 0.25) is 5.91 Å². The average Bonchev–Trinajstić information content (AvgIpc) is 2.69. The number of rotatable bonds is 10. The predicted molar refractivity (Wildman–Crippen MR) is 109 cm³/mol. The van der Waals surface area contributed by atoms with Crippen molar-refractivity contribution in [3.05, 3.63) is 54.1 Å². The van der Waals surface area contributed by atoms with E-state index in [1.165, 1.54) is 0 Å². The van der Waals surface area contributed by atoms with Crippen molar-refractivity contribution in [2.75, 3.05) is 45.6 Å². The van der Waals surface area contributed by atoms with Crippen LogP contribution in [0.3, 0.4) is 0 Å². The summed E-state index contributed by atoms with van der Waals surface area (Å²) in [6, 6.07) is 6.83. The van der Waals surface area contributed by atoms with Gasteiger partial charge in [0.15, 0.2) is 0 Å². The van der Waals surface area contributed by atoms with Crippen LogP contribution in [0.25, 0.3) is 0 Å². The summed E-state index contributed by atoms with van der Waals surface area (Å²) in [6.07, 6.45) is 4.83. The topological polar surface area (TPSA) is 90.5 Å². The van der Waals surface area contributed by atoms with Crippen molar-refractivity contribution in [3.63, 3.8) is 0 Å². The van der Waals surface area contributed by atoms with E-state index in [0.717, 1.165) is 6.54 Å². The predicted octanol–water partition coefficient (Wildman–Crippen LogP) is 1.23. The third-order valence-electron chi connectivity index (χ3n) is 4.15. The first-order valence-corrected chi connectivity index (χ1v) is 9.29. The first-order valence-electron chi connectivity index (χ1n) is 9.29. The third kappa shape index (κ3) is 7.05. The second kappa shape index (κ2) is 11.1. The average molecular weight is 384 g/mol. The Balaban J connectivity index is 1.85. The molecule has 2 rings (SSSR count). The number of aromatic nitrogens is 2. The van der Waals surface area contributed by atoms with Crippen molar-refractivity contribution >= 4 is 17.5 Å². The van der Waals surface area contributed by atoms with Crippen LogP contribution in [0.2, 0.25) is 0 Å². The van der Waals surface area contributed by atoms with Crippen molar-refractivity contribution in [2.45, 2.75) is 13.5 Å². The largest absolute Gasteiger partial charge is 0.341 e. The minimum absolute atomic E-state index is 0.0518. The summed E-state index contributed by atoms with van der Waals surface area (Å²) in [5.74, 6) is -0.164. The molecule has 0 fully saturated rings. The van der Waals surface area contributed by atoms with E-state index in [9.17, 15) is 9.59 Å². The van der Waals surface area contributed by atoms with Crippen LogP contribution in [0.15, 0.2) is 42.9 Å². The van der Waals surface area contributed by atoms with E-state index < -0.39 is 0 Å². The van der Waals surface area contributed by atoms with Crippen LogP contribution in [0, 0.1) is 0 Å². The fraction of sp³-hybridized carbons (Fsp3) is 0.400. The second-order valence-electron chi connectivity index (χ2n) is 6.61. The van der Waals surface area contributed by atoms with Gasteiger partial charge in [0, 0.05) is 56.0 Å². The fourth-order valence-corrected chi connectivity index (χ4v) is 2.54. The van der Waals surface area contributed by atoms with Crippen molar-refractivity contribution in [2.24, 2.45) is 0 Å². The number of likely N-dealkylation sites (N-methyl/N-ethyl adjacent to an activating group) is 2. The molecule has 2 heterocycles. The highest BCUT2D eigenvalue weighted by Crippen LogP contribution is 2.08. The molecular formula is C20H28N6O2. The second-order valence-corrected chi connectivity index (χ2v) is 6.61. The molecule has 0 aliphatic rings. The minimum Gasteiger partial charge on any atom is -0.341 e. The molecule has 2 aromatic rings. The zero-order valence-corrected chi connectivity index (χ0v) is 16.7. The lowest BCUT2D eigenvalue weighted by atomic mass is 10.2. The summed E-state index contributed by atoms with van der Waals surface area (Å²) in [5.41, 5.74) is 1.89. The highest BCUT2D eigenvalue weighted by Gasteiger charge is 2.12. The highest BCUT2D eigenvalue weighted by molar-refractivity contribution is 6.04. The summed E-state index contributed by atoms with van der Waals surface area (Å²) in [6.45, 7) is 4.82. The van der Waals surface area contributed by atoms with Gasteiger partial charge in [0.1, 0.15) is 0 Å². The summed E-state index contributed by atoms with van der Waals surface area (Å²) in [7, 11) is 3.97. The van der Waals surface area contributed by atoms with E-state index in [0.29, 0.717) is 36.6 Å². The Labute approximate surface area is 166 Å². The van der Waals surface area contributed by atoms with E-state index >= 15 is 0 Å². The van der Waals surface area contributed by atoms with Gasteiger partial charge in [-0.25, -0.2) is 0 Å². The zero-order chi connectivity index (χ0) is 20.4. The zero-order valence-electron chi connectivity index (χ0n) is 16.7. The Kier molecular flexibility index (Phi) is 8.51. The van der Waals surface area contributed by atoms with Crippen LogP contribution < -0.4 is 10.6 Å². The lowest BCUT2D eigenvalue weighted by Crippen LogP contribution is -2.41. The number of carbonyl (C=O) groups is 2. The molecule has 0 aliphatic carbocycles. The molecule has 0 aromatic carbocycles. The Morgan fingerprint density at radius 2 is 1.82 bits per heavy atom. The maximum Gasteiger partial charge on any atom is 0.255 e. The highest BCUT2D eigenvalue weighted by atomic mass is 16.2. The maximum atomic E-state index is 12.4. The van der Waals surface area contributed by atoms with E-state index in [1.807, 2.05) is 25.9 Å². The van der Waals surface area contributed by atoms with E-state index in [4.69, 9.17) is 0 Å². The van der Waals surface area contributed by atoms with Gasteiger partial charge in [-0.1, -0.05) is 0 Å². The Morgan fingerprint density at radius 3 is 2.50 bits per heavy atom. The molecular weight excluding hydrogens is 356 g/mol. The molecule has 2 N–H and O–H groups in total. The molecule has 0 saturated heterocycles. The lowest BCUT2D eigenvalue weighted by molar-refractivity contribution is -0.130. The Morgan fingerprint density at radius 1 is 1.07 bits per heavy atom. The first kappa shape index (κ1) is 21.5. The monoisotopic (exact) mass is 384 g/mol. The van der Waals surface area contributed by atoms with Gasteiger partial charge >= 0.3 is 0 Å². The molecule has 8 nitrogen and oxygen atoms in total. The van der Waals surface area contributed by atoms with Gasteiger partial charge in [-0.3, -0.25) is 19.6 Å². The number of hydrogen-bond acceptors (Lipinski definition) is 6. The molecule has 0 unspecified atom stereocenters. The normalized spacial score (nSPS) is 10.7. The molecule has 0 radical (unpaired) electrons. The van der Waals surface area contributed by atoms with Crippen LogP contribution in [-0.4, -0.2) is 71.9 Å². The summed E-state index contributed by atoms with van der Waals surface area (Å²) >= 11 is 0. The molecule has 0 bridgehead atoms. The van der Waals surface area contributed by atoms with Crippen molar-refractivity contribution in [3.8, 4) is 0 Å². The minimum atomic E-state index is -0.216. The van der Waals surface area contributed by atoms with Gasteiger partial charge in [-0.15, -0.1) is 0 Å². The lowest BCUT2D eigenvalue weighted by Gasteiger charge is -2.23. The summed E-state index contributed by atoms with van der Waals surface area (Å²) in [4.78, 5) is 36.7. The SMILES string of the molecule is CCN(CCN(C)C)C(=O)CNCc1cc(C(=O)Nc2ccncc2)ccn1. The fourth-order valence-electron chi connectivity index (χ4n) is 2.54. The van der Waals surface area contributed by atoms with Gasteiger partial charge < -0.3 is 20.4 Å². The number of anilines is 1. The number of pyridine rings is 2. The Hall–Kier alpha value is -2.84. The summed E-state index contributed by atoms with van der Waals surface area (Å²) in [5, 5.41) is 5.93. The molecule has 28 heavy (non-hydrogen) atoms. The van der Waals surface area contributed by atoms with E-state index in [1.54, 1.807) is 42.9 Å². The summed E-state index contributed by atoms with van der Waals surface area (Å²) < 4.78 is 0. The van der Waals surface area contributed by atoms with E-state index in [-0.39, 0.29) is 18.4 Å². The molecule has 150 valence electrons. The quantitative estimate of drug-likeness (QED) is 0.640. The van der Waals surface area contributed by atoms with Gasteiger partial charge in [0.25, 0.3) is 5.91 Å². The van der Waals surface area contributed by atoms with Crippen LogP contribution in [0.4, 0.5) is 5.69 Å². The van der Waals surface area contributed by atoms with Crippen molar-refractivity contribution < 1.29 is 9.59 Å². The number of hydrogen-bond donors (Lipinski definition) is 2. The van der Waals surface area contributed by atoms with Crippen LogP contribution in [-0.2, 0) is 11.3 Å². The molecule has 0 atom stereocenters. The van der Waals surface area contributed by atoms with Crippen LogP contribution in [0.1, 0.15) is 23.0 Å². The molecule has 0 spiro atoms. The first-order chi connectivity index (χ1) is 13.5. The molecule has 0 aliphatic heterocycles. The van der Waals surface area contributed by atoms with Gasteiger partial charge in [-0.2, -0.15) is 0 Å². The van der Waals surface area contributed by atoms with Gasteiger partial charge in [0.05, 0.1) is 12.2 Å². The smallest absolute Gasteiger partial charge is 0.255 e. The third-order valence-corrected chi connectivity index (χ3v) is 4.15. The van der Waals surface area contributed by atoms with E-state index in [2.05, 4.69) is 25.5 Å². The number of nitrogens with one attached hydrogen (secondary N) is 2. The molecule has 8 heteroatoms. The Bertz CT molecular complexity index is 766. The van der Waals surface area contributed by atoms with Crippen LogP contribution in [0.5, 0.6) is 0 Å². The molecule has 2 amide bonds. The number of amides is 2. The van der Waals surface area contributed by atoms with Crippen LogP contribution >= 0.6 is 0 Å². The number of carbonyl (C=O) groups excluding carboxylic acids is 2. The standard InChI is InChI=1S/C20H28N6O2/c1-4-26(12-11-25(2)3)19(27)15-22-14-18-13-16(5-10-23-18)20(28)24-17-6-8-21-9-7-17/h5-10,13,22H,4,11-12,14-15H2,1-3H3,(H,21,24,28). The molecule has 2 aromatic heterocycles. The maximum absolute atomic E-state index is 12.4. The molecule has 0 saturated carbocycles. The van der Waals surface area contributed by atoms with Gasteiger partial charge in [-0.05, 0) is 45.3 Å². The van der Waals surface area contributed by atoms with Crippen molar-refractivity contribution in [1.82, 2.24) is 25.1 Å².